The van der Waals surface area contributed by atoms with Crippen molar-refractivity contribution in [2.24, 2.45) is 5.73 Å². The molecule has 0 saturated heterocycles. The van der Waals surface area contributed by atoms with E-state index in [9.17, 15) is 22.8 Å². The number of hydrogen-bond donors (Lipinski definition) is 3. The number of carboxylic acid groups (broad SMARTS) is 1. The van der Waals surface area contributed by atoms with Crippen LogP contribution in [0.15, 0.2) is 57.7 Å². The van der Waals surface area contributed by atoms with Gasteiger partial charge >= 0.3 is 17.8 Å². The average molecular weight is 452 g/mol. The van der Waals surface area contributed by atoms with Crippen LogP contribution in [0.4, 0.5) is 13.2 Å². The molecular formula is C21H19F3N2O6. The predicted molar refractivity (Wildman–Crippen MR) is 108 cm³/mol. The summed E-state index contributed by atoms with van der Waals surface area (Å²) in [7, 11) is 1.49. The molecule has 0 saturated carbocycles. The molecule has 3 rings (SSSR count). The van der Waals surface area contributed by atoms with E-state index >= 15 is 0 Å². The zero-order valence-corrected chi connectivity index (χ0v) is 16.7. The molecule has 0 spiro atoms. The largest absolute Gasteiger partial charge is 0.493 e. The molecular weight excluding hydrogens is 433 g/mol. The van der Waals surface area contributed by atoms with Gasteiger partial charge in [-0.1, -0.05) is 36.4 Å². The summed E-state index contributed by atoms with van der Waals surface area (Å²) in [6.45, 7) is 0.658. The lowest BCUT2D eigenvalue weighted by atomic mass is 10.1. The van der Waals surface area contributed by atoms with Crippen LogP contribution in [0.5, 0.6) is 5.75 Å². The topological polar surface area (TPSA) is 132 Å². The number of ether oxygens (including phenoxy) is 1. The molecule has 0 fully saturated rings. The van der Waals surface area contributed by atoms with Crippen molar-refractivity contribution in [3.63, 3.8) is 0 Å². The Morgan fingerprint density at radius 3 is 2.31 bits per heavy atom. The van der Waals surface area contributed by atoms with E-state index in [0.29, 0.717) is 23.3 Å². The number of carboxylic acids is 1. The SMILES string of the molecule is COc1cccc2cc(C(=O)NCc3ccccc3CN)c(=O)oc12.O=C(O)C(F)(F)F. The molecule has 0 atom stereocenters. The number of fused-ring (bicyclic) bond motifs is 1. The maximum absolute atomic E-state index is 12.4. The fourth-order valence-corrected chi connectivity index (χ4v) is 2.64. The van der Waals surface area contributed by atoms with Crippen molar-refractivity contribution in [2.75, 3.05) is 7.11 Å². The van der Waals surface area contributed by atoms with Crippen molar-refractivity contribution in [2.45, 2.75) is 19.3 Å². The van der Waals surface area contributed by atoms with Gasteiger partial charge in [0, 0.05) is 18.5 Å². The highest BCUT2D eigenvalue weighted by Crippen LogP contribution is 2.24. The molecule has 0 aliphatic rings. The van der Waals surface area contributed by atoms with Crippen LogP contribution in [0.25, 0.3) is 11.0 Å². The summed E-state index contributed by atoms with van der Waals surface area (Å²) in [5.74, 6) is -2.81. The van der Waals surface area contributed by atoms with Crippen molar-refractivity contribution in [1.82, 2.24) is 5.32 Å². The van der Waals surface area contributed by atoms with Gasteiger partial charge in [-0.3, -0.25) is 4.79 Å². The fraction of sp³-hybridized carbons (Fsp3) is 0.190. The minimum absolute atomic E-state index is 0.0500. The molecule has 11 heteroatoms. The summed E-state index contributed by atoms with van der Waals surface area (Å²) in [5, 5.41) is 10.5. The van der Waals surface area contributed by atoms with Crippen molar-refractivity contribution < 1.29 is 37.0 Å². The van der Waals surface area contributed by atoms with E-state index < -0.39 is 23.7 Å². The van der Waals surface area contributed by atoms with E-state index in [-0.39, 0.29) is 12.1 Å². The van der Waals surface area contributed by atoms with Gasteiger partial charge in [0.25, 0.3) is 5.91 Å². The zero-order chi connectivity index (χ0) is 23.9. The summed E-state index contributed by atoms with van der Waals surface area (Å²) in [4.78, 5) is 33.5. The number of nitrogens with one attached hydrogen (secondary N) is 1. The normalized spacial score (nSPS) is 10.8. The number of para-hydroxylation sites is 1. The van der Waals surface area contributed by atoms with E-state index in [4.69, 9.17) is 24.8 Å². The number of alkyl halides is 3. The zero-order valence-electron chi connectivity index (χ0n) is 16.7. The average Bonchev–Trinajstić information content (AvgIpc) is 2.76. The quantitative estimate of drug-likeness (QED) is 0.507. The van der Waals surface area contributed by atoms with Crippen molar-refractivity contribution in [3.8, 4) is 5.75 Å². The Kier molecular flexibility index (Phi) is 7.97. The lowest BCUT2D eigenvalue weighted by Gasteiger charge is -2.09. The molecule has 0 aliphatic heterocycles. The van der Waals surface area contributed by atoms with Crippen LogP contribution >= 0.6 is 0 Å². The molecule has 1 aromatic heterocycles. The van der Waals surface area contributed by atoms with Gasteiger partial charge in [-0.05, 0) is 23.3 Å². The summed E-state index contributed by atoms with van der Waals surface area (Å²) < 4.78 is 42.2. The molecule has 1 amide bonds. The number of hydrogen-bond acceptors (Lipinski definition) is 6. The number of carbonyl (C=O) groups excluding carboxylic acids is 1. The number of nitrogens with two attached hydrogens (primary N) is 1. The molecule has 4 N–H and O–H groups in total. The first-order valence-corrected chi connectivity index (χ1v) is 9.04. The lowest BCUT2D eigenvalue weighted by molar-refractivity contribution is -0.192. The van der Waals surface area contributed by atoms with E-state index in [1.165, 1.54) is 13.2 Å². The third kappa shape index (κ3) is 6.08. The lowest BCUT2D eigenvalue weighted by Crippen LogP contribution is -2.28. The molecule has 0 unspecified atom stereocenters. The Hall–Kier alpha value is -3.86. The standard InChI is InChI=1S/C19H18N2O4.C2HF3O2/c1-24-16-8-4-7-12-9-15(19(23)25-17(12)16)18(22)21-11-14-6-3-2-5-13(14)10-20;3-2(4,5)1(6)7/h2-9H,10-11,20H2,1H3,(H,21,22);(H,6,7). The third-order valence-electron chi connectivity index (χ3n) is 4.21. The molecule has 2 aromatic carbocycles. The molecule has 170 valence electrons. The third-order valence-corrected chi connectivity index (χ3v) is 4.21. The second-order valence-electron chi connectivity index (χ2n) is 6.28. The van der Waals surface area contributed by atoms with E-state index in [1.54, 1.807) is 18.2 Å². The predicted octanol–water partition coefficient (Wildman–Crippen LogP) is 2.82. The Morgan fingerprint density at radius 2 is 1.75 bits per heavy atom. The Morgan fingerprint density at radius 1 is 1.12 bits per heavy atom. The van der Waals surface area contributed by atoms with E-state index in [2.05, 4.69) is 5.32 Å². The summed E-state index contributed by atoms with van der Waals surface area (Å²) >= 11 is 0. The van der Waals surface area contributed by atoms with Gasteiger partial charge < -0.3 is 25.3 Å². The minimum atomic E-state index is -5.08. The van der Waals surface area contributed by atoms with Crippen molar-refractivity contribution in [3.05, 3.63) is 75.6 Å². The second kappa shape index (κ2) is 10.4. The van der Waals surface area contributed by atoms with Gasteiger partial charge in [0.2, 0.25) is 0 Å². The van der Waals surface area contributed by atoms with Crippen LogP contribution in [-0.2, 0) is 17.9 Å². The van der Waals surface area contributed by atoms with Crippen molar-refractivity contribution in [1.29, 1.82) is 0 Å². The van der Waals surface area contributed by atoms with Gasteiger partial charge in [0.15, 0.2) is 11.3 Å². The molecule has 0 aliphatic carbocycles. The molecule has 0 radical (unpaired) electrons. The van der Waals surface area contributed by atoms with Gasteiger partial charge in [0.05, 0.1) is 7.11 Å². The molecule has 32 heavy (non-hydrogen) atoms. The van der Waals surface area contributed by atoms with Gasteiger partial charge in [-0.15, -0.1) is 0 Å². The monoisotopic (exact) mass is 452 g/mol. The first-order chi connectivity index (χ1) is 15.1. The second-order valence-corrected chi connectivity index (χ2v) is 6.28. The highest BCUT2D eigenvalue weighted by atomic mass is 19.4. The maximum Gasteiger partial charge on any atom is 0.490 e. The Bertz CT molecular complexity index is 1170. The number of carbonyl (C=O) groups is 2. The van der Waals surface area contributed by atoms with E-state index in [1.807, 2.05) is 24.3 Å². The Balaban J connectivity index is 0.000000451. The van der Waals surface area contributed by atoms with E-state index in [0.717, 1.165) is 11.1 Å². The summed E-state index contributed by atoms with van der Waals surface area (Å²) in [6.07, 6.45) is -5.08. The van der Waals surface area contributed by atoms with Gasteiger partial charge in [-0.2, -0.15) is 13.2 Å². The highest BCUT2D eigenvalue weighted by molar-refractivity contribution is 5.97. The van der Waals surface area contributed by atoms with Gasteiger partial charge in [-0.25, -0.2) is 9.59 Å². The number of benzene rings is 2. The number of amides is 1. The van der Waals surface area contributed by atoms with Crippen LogP contribution in [0, 0.1) is 0 Å². The number of halogens is 3. The number of methoxy groups -OCH3 is 1. The summed E-state index contributed by atoms with van der Waals surface area (Å²) in [6, 6.07) is 14.3. The van der Waals surface area contributed by atoms with Gasteiger partial charge in [0.1, 0.15) is 5.56 Å². The highest BCUT2D eigenvalue weighted by Gasteiger charge is 2.38. The molecule has 8 nitrogen and oxygen atoms in total. The van der Waals surface area contributed by atoms with Crippen LogP contribution in [-0.4, -0.2) is 30.3 Å². The fourth-order valence-electron chi connectivity index (χ4n) is 2.64. The smallest absolute Gasteiger partial charge is 0.490 e. The first-order valence-electron chi connectivity index (χ1n) is 9.04. The van der Waals surface area contributed by atoms with Crippen LogP contribution in [0.1, 0.15) is 21.5 Å². The number of aliphatic carboxylic acids is 1. The minimum Gasteiger partial charge on any atom is -0.493 e. The van der Waals surface area contributed by atoms with Crippen LogP contribution in [0.2, 0.25) is 0 Å². The number of rotatable bonds is 5. The summed E-state index contributed by atoms with van der Waals surface area (Å²) in [5.41, 5.74) is 7.11. The molecule has 3 aromatic rings. The van der Waals surface area contributed by atoms with Crippen molar-refractivity contribution >= 4 is 22.8 Å². The first kappa shape index (κ1) is 24.4. The van der Waals surface area contributed by atoms with Crippen LogP contribution in [0.3, 0.4) is 0 Å². The molecule has 0 bridgehead atoms. The maximum atomic E-state index is 12.4. The van der Waals surface area contributed by atoms with Crippen LogP contribution < -0.4 is 21.4 Å². The Labute approximate surface area is 179 Å². The molecule has 1 heterocycles.